The highest BCUT2D eigenvalue weighted by Gasteiger charge is 2.45. The molecule has 7 heteroatoms. The maximum absolute atomic E-state index is 14.9. The van der Waals surface area contributed by atoms with Gasteiger partial charge >= 0.3 is 0 Å². The van der Waals surface area contributed by atoms with Gasteiger partial charge in [-0.25, -0.2) is 13.2 Å². The number of piperazine rings is 1. The average Bonchev–Trinajstić information content (AvgIpc) is 3.30. The van der Waals surface area contributed by atoms with Gasteiger partial charge in [0.05, 0.1) is 5.92 Å². The van der Waals surface area contributed by atoms with Crippen molar-refractivity contribution in [2.75, 3.05) is 31.1 Å². The summed E-state index contributed by atoms with van der Waals surface area (Å²) in [7, 11) is 0. The Bertz CT molecular complexity index is 1060. The summed E-state index contributed by atoms with van der Waals surface area (Å²) in [6.07, 6.45) is 5.86. The Morgan fingerprint density at radius 1 is 0.806 bits per heavy atom. The Hall–Kier alpha value is -2.54. The van der Waals surface area contributed by atoms with Crippen molar-refractivity contribution in [3.05, 3.63) is 65.5 Å². The number of anilines is 1. The topological polar surface area (TPSA) is 26.8 Å². The predicted octanol–water partition coefficient (Wildman–Crippen LogP) is 5.58. The van der Waals surface area contributed by atoms with Gasteiger partial charge in [0, 0.05) is 62.0 Å². The molecule has 2 heterocycles. The predicted molar refractivity (Wildman–Crippen MR) is 135 cm³/mol. The first kappa shape index (κ1) is 25.1. The minimum Gasteiger partial charge on any atom is -0.363 e. The largest absolute Gasteiger partial charge is 0.363 e. The standard InChI is InChI=1S/C29H36F3N3O/c1-19-15-34(16-20(2)35(19)24-11-8-21(30)9-12-24)29(36)27-18-33(23-6-4-3-5-7-23)17-26(27)25-13-10-22(31)14-28(25)32/h8-14,19-20,23,26-27H,3-7,15-18H2,1-2H3/t19-,20+,26-,27+/m1/s1. The Kier molecular flexibility index (Phi) is 7.29. The minimum atomic E-state index is -0.596. The molecule has 0 unspecified atom stereocenters. The lowest BCUT2D eigenvalue weighted by molar-refractivity contribution is -0.137. The second-order valence-corrected chi connectivity index (χ2v) is 10.9. The van der Waals surface area contributed by atoms with Gasteiger partial charge in [0.2, 0.25) is 5.91 Å². The lowest BCUT2D eigenvalue weighted by atomic mass is 9.87. The van der Waals surface area contributed by atoms with Crippen molar-refractivity contribution in [2.24, 2.45) is 5.92 Å². The molecule has 1 aliphatic carbocycles. The molecule has 0 N–H and O–H groups in total. The van der Waals surface area contributed by atoms with E-state index in [-0.39, 0.29) is 35.6 Å². The number of likely N-dealkylation sites (tertiary alicyclic amines) is 1. The molecule has 1 amide bonds. The smallest absolute Gasteiger partial charge is 0.227 e. The number of carbonyl (C=O) groups excluding carboxylic acids is 1. The number of halogens is 3. The van der Waals surface area contributed by atoms with E-state index in [1.807, 2.05) is 4.90 Å². The highest BCUT2D eigenvalue weighted by atomic mass is 19.1. The molecule has 36 heavy (non-hydrogen) atoms. The molecular weight excluding hydrogens is 463 g/mol. The van der Waals surface area contributed by atoms with E-state index in [2.05, 4.69) is 23.6 Å². The molecule has 194 valence electrons. The highest BCUT2D eigenvalue weighted by molar-refractivity contribution is 5.81. The molecular formula is C29H36F3N3O. The van der Waals surface area contributed by atoms with Gasteiger partial charge in [-0.3, -0.25) is 9.69 Å². The van der Waals surface area contributed by atoms with Gasteiger partial charge in [-0.2, -0.15) is 0 Å². The van der Waals surface area contributed by atoms with Crippen molar-refractivity contribution in [1.29, 1.82) is 0 Å². The second-order valence-electron chi connectivity index (χ2n) is 10.9. The van der Waals surface area contributed by atoms with Gasteiger partial charge in [0.1, 0.15) is 17.5 Å². The van der Waals surface area contributed by atoms with Crippen LogP contribution in [0.2, 0.25) is 0 Å². The summed E-state index contributed by atoms with van der Waals surface area (Å²) in [4.78, 5) is 20.6. The molecule has 4 atom stereocenters. The SMILES string of the molecule is C[C@@H]1CN(C(=O)[C@H]2CN(C3CCCCC3)C[C@@H]2c2ccc(F)cc2F)C[C@H](C)N1c1ccc(F)cc1. The van der Waals surface area contributed by atoms with Gasteiger partial charge in [-0.05, 0) is 62.6 Å². The Morgan fingerprint density at radius 2 is 1.44 bits per heavy atom. The molecule has 2 aromatic carbocycles. The van der Waals surface area contributed by atoms with Crippen LogP contribution in [0.5, 0.6) is 0 Å². The van der Waals surface area contributed by atoms with Crippen LogP contribution in [0.25, 0.3) is 0 Å². The van der Waals surface area contributed by atoms with Crippen LogP contribution in [0.1, 0.15) is 57.4 Å². The number of hydrogen-bond acceptors (Lipinski definition) is 3. The van der Waals surface area contributed by atoms with Crippen LogP contribution in [-0.2, 0) is 4.79 Å². The van der Waals surface area contributed by atoms with Crippen molar-refractivity contribution < 1.29 is 18.0 Å². The van der Waals surface area contributed by atoms with Gasteiger partial charge in [0.15, 0.2) is 0 Å². The van der Waals surface area contributed by atoms with Gasteiger partial charge in [-0.15, -0.1) is 0 Å². The Morgan fingerprint density at radius 3 is 2.08 bits per heavy atom. The number of carbonyl (C=O) groups is 1. The fourth-order valence-corrected chi connectivity index (χ4v) is 6.81. The summed E-state index contributed by atoms with van der Waals surface area (Å²) in [5.74, 6) is -2.02. The van der Waals surface area contributed by atoms with E-state index in [9.17, 15) is 18.0 Å². The molecule has 0 bridgehead atoms. The van der Waals surface area contributed by atoms with Crippen LogP contribution in [0, 0.1) is 23.4 Å². The molecule has 1 saturated carbocycles. The molecule has 0 aromatic heterocycles. The molecule has 4 nitrogen and oxygen atoms in total. The fraction of sp³-hybridized carbons (Fsp3) is 0.552. The number of benzene rings is 2. The molecule has 5 rings (SSSR count). The van der Waals surface area contributed by atoms with Crippen molar-refractivity contribution in [3.8, 4) is 0 Å². The van der Waals surface area contributed by atoms with Crippen molar-refractivity contribution in [1.82, 2.24) is 9.80 Å². The minimum absolute atomic E-state index is 0.0551. The summed E-state index contributed by atoms with van der Waals surface area (Å²) < 4.78 is 42.1. The monoisotopic (exact) mass is 499 g/mol. The van der Waals surface area contributed by atoms with Gasteiger partial charge in [0.25, 0.3) is 0 Å². The van der Waals surface area contributed by atoms with Crippen molar-refractivity contribution >= 4 is 11.6 Å². The van der Waals surface area contributed by atoms with Crippen LogP contribution in [0.4, 0.5) is 18.9 Å². The van der Waals surface area contributed by atoms with Crippen LogP contribution < -0.4 is 4.90 Å². The van der Waals surface area contributed by atoms with E-state index in [0.717, 1.165) is 24.6 Å². The molecule has 2 aromatic rings. The molecule has 3 fully saturated rings. The molecule has 2 saturated heterocycles. The van der Waals surface area contributed by atoms with Crippen molar-refractivity contribution in [3.63, 3.8) is 0 Å². The number of amides is 1. The van der Waals surface area contributed by atoms with E-state index < -0.39 is 11.6 Å². The zero-order valence-electron chi connectivity index (χ0n) is 21.2. The summed E-state index contributed by atoms with van der Waals surface area (Å²) in [5.41, 5.74) is 1.39. The first-order valence-electron chi connectivity index (χ1n) is 13.3. The normalized spacial score (nSPS) is 28.0. The highest BCUT2D eigenvalue weighted by Crippen LogP contribution is 2.39. The van der Waals surface area contributed by atoms with Gasteiger partial charge in [-0.1, -0.05) is 25.3 Å². The quantitative estimate of drug-likeness (QED) is 0.550. The number of hydrogen-bond donors (Lipinski definition) is 0. The van der Waals surface area contributed by atoms with E-state index in [1.54, 1.807) is 12.1 Å². The third-order valence-electron chi connectivity index (χ3n) is 8.47. The third-order valence-corrected chi connectivity index (χ3v) is 8.47. The zero-order chi connectivity index (χ0) is 25.4. The van der Waals surface area contributed by atoms with Gasteiger partial charge < -0.3 is 9.80 Å². The molecule has 0 radical (unpaired) electrons. The maximum atomic E-state index is 14.9. The fourth-order valence-electron chi connectivity index (χ4n) is 6.81. The van der Waals surface area contributed by atoms with Crippen LogP contribution in [0.15, 0.2) is 42.5 Å². The lowest BCUT2D eigenvalue weighted by Gasteiger charge is -2.46. The van der Waals surface area contributed by atoms with Crippen LogP contribution in [-0.4, -0.2) is 60.0 Å². The maximum Gasteiger partial charge on any atom is 0.227 e. The zero-order valence-corrected chi connectivity index (χ0v) is 21.2. The Balaban J connectivity index is 1.37. The summed E-state index contributed by atoms with van der Waals surface area (Å²) in [6.45, 7) is 6.52. The summed E-state index contributed by atoms with van der Waals surface area (Å²) >= 11 is 0. The number of nitrogens with zero attached hydrogens (tertiary/aromatic N) is 3. The van der Waals surface area contributed by atoms with E-state index in [4.69, 9.17) is 0 Å². The molecule has 0 spiro atoms. The summed E-state index contributed by atoms with van der Waals surface area (Å²) in [6, 6.07) is 10.8. The van der Waals surface area contributed by atoms with E-state index >= 15 is 0 Å². The number of rotatable bonds is 4. The third kappa shape index (κ3) is 4.99. The Labute approximate surface area is 212 Å². The van der Waals surface area contributed by atoms with Crippen molar-refractivity contribution in [2.45, 2.75) is 70.0 Å². The van der Waals surface area contributed by atoms with Crippen LogP contribution >= 0.6 is 0 Å². The van der Waals surface area contributed by atoms with E-state index in [0.29, 0.717) is 37.8 Å². The summed E-state index contributed by atoms with van der Waals surface area (Å²) in [5, 5.41) is 0. The lowest BCUT2D eigenvalue weighted by Crippen LogP contribution is -2.59. The van der Waals surface area contributed by atoms with E-state index in [1.165, 1.54) is 43.5 Å². The first-order valence-corrected chi connectivity index (χ1v) is 13.3. The first-order chi connectivity index (χ1) is 17.3. The second kappa shape index (κ2) is 10.4. The molecule has 2 aliphatic heterocycles. The average molecular weight is 500 g/mol. The van der Waals surface area contributed by atoms with Crippen LogP contribution in [0.3, 0.4) is 0 Å². The molecule has 3 aliphatic rings.